The quantitative estimate of drug-likeness (QED) is 0.822. The summed E-state index contributed by atoms with van der Waals surface area (Å²) in [5.74, 6) is -0.563. The molecule has 2 aliphatic rings. The number of carbonyl (C=O) groups excluding carboxylic acids is 1. The first-order valence-corrected chi connectivity index (χ1v) is 8.90. The minimum Gasteiger partial charge on any atom is -0.338 e. The highest BCUT2D eigenvalue weighted by atomic mass is 19.4. The first-order chi connectivity index (χ1) is 11.8. The van der Waals surface area contributed by atoms with E-state index in [1.807, 2.05) is 19.0 Å². The van der Waals surface area contributed by atoms with E-state index in [1.165, 1.54) is 12.1 Å². The second-order valence-electron chi connectivity index (χ2n) is 7.48. The van der Waals surface area contributed by atoms with Crippen LogP contribution in [0, 0.1) is 5.92 Å². The summed E-state index contributed by atoms with van der Waals surface area (Å²) in [6.07, 6.45) is -0.789. The molecule has 2 fully saturated rings. The number of alkyl halides is 3. The van der Waals surface area contributed by atoms with Crippen LogP contribution in [-0.4, -0.2) is 48.9 Å². The van der Waals surface area contributed by atoms with Gasteiger partial charge in [-0.05, 0) is 57.3 Å². The maximum atomic E-state index is 13.2. The maximum Gasteiger partial charge on any atom is 0.416 e. The zero-order valence-electron chi connectivity index (χ0n) is 14.7. The van der Waals surface area contributed by atoms with Crippen LogP contribution >= 0.6 is 0 Å². The molecule has 1 saturated heterocycles. The van der Waals surface area contributed by atoms with Gasteiger partial charge in [-0.15, -0.1) is 0 Å². The van der Waals surface area contributed by atoms with Crippen molar-refractivity contribution in [2.75, 3.05) is 27.2 Å². The molecule has 0 aromatic heterocycles. The first kappa shape index (κ1) is 18.2. The summed E-state index contributed by atoms with van der Waals surface area (Å²) >= 11 is 0. The van der Waals surface area contributed by atoms with Gasteiger partial charge in [0.25, 0.3) is 0 Å². The van der Waals surface area contributed by atoms with E-state index >= 15 is 0 Å². The zero-order valence-corrected chi connectivity index (χ0v) is 14.7. The van der Waals surface area contributed by atoms with Crippen LogP contribution < -0.4 is 0 Å². The Bertz CT molecular complexity index is 629. The predicted octanol–water partition coefficient (Wildman–Crippen LogP) is 3.75. The number of halogens is 3. The van der Waals surface area contributed by atoms with E-state index in [-0.39, 0.29) is 29.3 Å². The molecule has 0 spiro atoms. The second kappa shape index (κ2) is 6.98. The number of piperidine rings is 1. The molecule has 1 aliphatic heterocycles. The summed E-state index contributed by atoms with van der Waals surface area (Å²) in [4.78, 5) is 16.9. The van der Waals surface area contributed by atoms with Crippen molar-refractivity contribution >= 4 is 5.91 Å². The van der Waals surface area contributed by atoms with Crippen LogP contribution in [0.2, 0.25) is 0 Å². The Balaban J connectivity index is 1.74. The number of amides is 1. The van der Waals surface area contributed by atoms with Crippen LogP contribution in [0.1, 0.15) is 42.7 Å². The van der Waals surface area contributed by atoms with Crippen molar-refractivity contribution in [2.24, 2.45) is 5.92 Å². The van der Waals surface area contributed by atoms with Crippen molar-refractivity contribution in [1.29, 1.82) is 0 Å². The topological polar surface area (TPSA) is 23.6 Å². The van der Waals surface area contributed by atoms with Gasteiger partial charge in [0.2, 0.25) is 5.91 Å². The highest BCUT2D eigenvalue weighted by Gasteiger charge is 2.50. The van der Waals surface area contributed by atoms with E-state index in [2.05, 4.69) is 4.90 Å². The average Bonchev–Trinajstić information content (AvgIpc) is 3.34. The highest BCUT2D eigenvalue weighted by Crippen LogP contribution is 2.52. The molecular formula is C19H25F3N2O. The molecule has 0 N–H and O–H groups in total. The third kappa shape index (κ3) is 4.00. The normalized spacial score (nSPS) is 26.8. The molecule has 3 rings (SSSR count). The minimum atomic E-state index is -4.37. The maximum absolute atomic E-state index is 13.2. The summed E-state index contributed by atoms with van der Waals surface area (Å²) in [7, 11) is 3.97. The summed E-state index contributed by atoms with van der Waals surface area (Å²) < 4.78 is 39.7. The smallest absolute Gasteiger partial charge is 0.338 e. The van der Waals surface area contributed by atoms with Gasteiger partial charge in [-0.25, -0.2) is 0 Å². The van der Waals surface area contributed by atoms with Gasteiger partial charge in [-0.3, -0.25) is 4.79 Å². The third-order valence-corrected chi connectivity index (χ3v) is 5.26. The largest absolute Gasteiger partial charge is 0.416 e. The predicted molar refractivity (Wildman–Crippen MR) is 90.2 cm³/mol. The number of likely N-dealkylation sites (N-methyl/N-ethyl adjacent to an activating group) is 1. The molecule has 3 atom stereocenters. The Kier molecular flexibility index (Phi) is 5.09. The molecule has 1 heterocycles. The summed E-state index contributed by atoms with van der Waals surface area (Å²) in [5, 5.41) is 0. The molecule has 1 aliphatic carbocycles. The van der Waals surface area contributed by atoms with Crippen molar-refractivity contribution in [3.05, 3.63) is 35.4 Å². The zero-order chi connectivity index (χ0) is 18.2. The van der Waals surface area contributed by atoms with Crippen molar-refractivity contribution in [3.8, 4) is 0 Å². The van der Waals surface area contributed by atoms with Crippen LogP contribution in [0.4, 0.5) is 13.2 Å². The Hall–Kier alpha value is -1.56. The van der Waals surface area contributed by atoms with Crippen LogP contribution in [0.5, 0.6) is 0 Å². The molecule has 25 heavy (non-hydrogen) atoms. The fourth-order valence-electron chi connectivity index (χ4n) is 4.01. The van der Waals surface area contributed by atoms with Crippen molar-refractivity contribution in [2.45, 2.75) is 43.8 Å². The molecule has 1 aromatic rings. The Morgan fingerprint density at radius 3 is 2.64 bits per heavy atom. The number of hydrogen-bond acceptors (Lipinski definition) is 2. The summed E-state index contributed by atoms with van der Waals surface area (Å²) in [6.45, 7) is 1.53. The Morgan fingerprint density at radius 1 is 1.24 bits per heavy atom. The van der Waals surface area contributed by atoms with Crippen molar-refractivity contribution in [3.63, 3.8) is 0 Å². The van der Waals surface area contributed by atoms with E-state index in [0.717, 1.165) is 38.4 Å². The summed E-state index contributed by atoms with van der Waals surface area (Å²) in [6, 6.07) is 5.85. The lowest BCUT2D eigenvalue weighted by atomic mass is 9.99. The molecule has 3 nitrogen and oxygen atoms in total. The number of likely N-dealkylation sites (tertiary alicyclic amines) is 1. The van der Waals surface area contributed by atoms with Gasteiger partial charge in [0.1, 0.15) is 0 Å². The monoisotopic (exact) mass is 354 g/mol. The lowest BCUT2D eigenvalue weighted by molar-refractivity contribution is -0.139. The molecule has 1 aromatic carbocycles. The van der Waals surface area contributed by atoms with Gasteiger partial charge in [-0.1, -0.05) is 18.2 Å². The van der Waals surface area contributed by atoms with E-state index in [9.17, 15) is 18.0 Å². The molecule has 3 unspecified atom stereocenters. The number of hydrogen-bond donors (Lipinski definition) is 0. The van der Waals surface area contributed by atoms with Crippen LogP contribution in [0.15, 0.2) is 24.3 Å². The number of nitrogens with zero attached hydrogens (tertiary/aromatic N) is 2. The van der Waals surface area contributed by atoms with Crippen LogP contribution in [-0.2, 0) is 11.0 Å². The van der Waals surface area contributed by atoms with Crippen LogP contribution in [0.3, 0.4) is 0 Å². The number of carbonyl (C=O) groups is 1. The fraction of sp³-hybridized carbons (Fsp3) is 0.632. The van der Waals surface area contributed by atoms with Gasteiger partial charge >= 0.3 is 6.18 Å². The molecular weight excluding hydrogens is 329 g/mol. The third-order valence-electron chi connectivity index (χ3n) is 5.26. The van der Waals surface area contributed by atoms with Crippen molar-refractivity contribution in [1.82, 2.24) is 9.80 Å². The molecule has 0 bridgehead atoms. The Morgan fingerprint density at radius 2 is 1.96 bits per heavy atom. The van der Waals surface area contributed by atoms with E-state index in [1.54, 1.807) is 6.07 Å². The fourth-order valence-corrected chi connectivity index (χ4v) is 4.01. The van der Waals surface area contributed by atoms with E-state index in [4.69, 9.17) is 0 Å². The van der Waals surface area contributed by atoms with Crippen molar-refractivity contribution < 1.29 is 18.0 Å². The lowest BCUT2D eigenvalue weighted by Crippen LogP contribution is -2.49. The molecule has 1 amide bonds. The molecule has 0 radical (unpaired) electrons. The van der Waals surface area contributed by atoms with Gasteiger partial charge in [0.05, 0.1) is 5.56 Å². The van der Waals surface area contributed by atoms with Crippen LogP contribution in [0.25, 0.3) is 0 Å². The molecule has 6 heteroatoms. The number of rotatable bonds is 4. The average molecular weight is 354 g/mol. The van der Waals surface area contributed by atoms with E-state index < -0.39 is 11.7 Å². The van der Waals surface area contributed by atoms with Gasteiger partial charge in [-0.2, -0.15) is 13.2 Å². The van der Waals surface area contributed by atoms with Gasteiger partial charge in [0, 0.05) is 25.0 Å². The standard InChI is InChI=1S/C19H25F3N2O/c1-23(2)12-13-7-5-6-10-24(13)18(25)16-11-15(16)14-8-3-4-9-17(14)19(20,21)22/h3-4,8-9,13,15-16H,5-7,10-12H2,1-2H3. The number of benzene rings is 1. The second-order valence-corrected chi connectivity index (χ2v) is 7.48. The first-order valence-electron chi connectivity index (χ1n) is 8.90. The SMILES string of the molecule is CN(C)CC1CCCCN1C(=O)C1CC1c1ccccc1C(F)(F)F. The molecule has 1 saturated carbocycles. The van der Waals surface area contributed by atoms with E-state index in [0.29, 0.717) is 6.42 Å². The Labute approximate surface area is 146 Å². The highest BCUT2D eigenvalue weighted by molar-refractivity contribution is 5.83. The van der Waals surface area contributed by atoms with Gasteiger partial charge < -0.3 is 9.80 Å². The lowest BCUT2D eigenvalue weighted by Gasteiger charge is -2.37. The summed E-state index contributed by atoms with van der Waals surface area (Å²) in [5.41, 5.74) is -0.326. The van der Waals surface area contributed by atoms with Gasteiger partial charge in [0.15, 0.2) is 0 Å². The molecule has 138 valence electrons. The minimum absolute atomic E-state index is 0.0357.